The number of benzene rings is 1. The number of ether oxygens (including phenoxy) is 1. The highest BCUT2D eigenvalue weighted by molar-refractivity contribution is 5.81. The number of hydrogen-bond donors (Lipinski definition) is 0. The Hall–Kier alpha value is -1.48. The second-order valence-electron chi connectivity index (χ2n) is 4.16. The van der Waals surface area contributed by atoms with Gasteiger partial charge in [0.15, 0.2) is 0 Å². The highest BCUT2D eigenvalue weighted by Crippen LogP contribution is 2.22. The number of nitrogens with zero attached hydrogens (tertiary/aromatic N) is 2. The fraction of sp³-hybridized carbons (Fsp3) is 0.385. The molecule has 1 heterocycles. The lowest BCUT2D eigenvalue weighted by Crippen LogP contribution is -2.15. The molecule has 0 N–H and O–H groups in total. The molecular weight excluding hydrogens is 200 g/mol. The van der Waals surface area contributed by atoms with Crippen molar-refractivity contribution in [2.45, 2.75) is 13.6 Å². The third-order valence-electron chi connectivity index (χ3n) is 2.49. The van der Waals surface area contributed by atoms with Crippen molar-refractivity contribution in [3.8, 4) is 5.75 Å². The summed E-state index contributed by atoms with van der Waals surface area (Å²) in [5, 5.41) is 1.23. The van der Waals surface area contributed by atoms with Gasteiger partial charge in [-0.1, -0.05) is 0 Å². The molecule has 86 valence electrons. The molecule has 1 aromatic heterocycles. The predicted molar refractivity (Wildman–Crippen MR) is 66.8 cm³/mol. The fourth-order valence-electron chi connectivity index (χ4n) is 1.86. The highest BCUT2D eigenvalue weighted by Gasteiger charge is 2.03. The molecule has 0 aliphatic heterocycles. The molecule has 0 saturated heterocycles. The number of aromatic nitrogens is 1. The third-order valence-corrected chi connectivity index (χ3v) is 2.49. The Morgan fingerprint density at radius 1 is 1.25 bits per heavy atom. The van der Waals surface area contributed by atoms with Crippen molar-refractivity contribution in [2.75, 3.05) is 20.7 Å². The van der Waals surface area contributed by atoms with E-state index in [0.717, 1.165) is 12.4 Å². The molecular formula is C13H18N2O. The van der Waals surface area contributed by atoms with Gasteiger partial charge in [-0.2, -0.15) is 0 Å². The van der Waals surface area contributed by atoms with Crippen molar-refractivity contribution >= 4 is 10.9 Å². The number of hydrogen-bond acceptors (Lipinski definition) is 2. The standard InChI is InChI=1S/C13H18N2O/c1-4-16-12-5-6-13-11(9-12)7-8-15(13)10-14(2)3/h5-9H,4,10H2,1-3H3. The summed E-state index contributed by atoms with van der Waals surface area (Å²) >= 11 is 0. The van der Waals surface area contributed by atoms with Gasteiger partial charge in [0.2, 0.25) is 0 Å². The van der Waals surface area contributed by atoms with Gasteiger partial charge in [-0.3, -0.25) is 4.90 Å². The van der Waals surface area contributed by atoms with Crippen molar-refractivity contribution in [2.24, 2.45) is 0 Å². The Balaban J connectivity index is 2.34. The topological polar surface area (TPSA) is 17.4 Å². The van der Waals surface area contributed by atoms with Crippen molar-refractivity contribution in [1.29, 1.82) is 0 Å². The lowest BCUT2D eigenvalue weighted by atomic mass is 10.2. The Kier molecular flexibility index (Phi) is 3.15. The summed E-state index contributed by atoms with van der Waals surface area (Å²) in [4.78, 5) is 2.15. The summed E-state index contributed by atoms with van der Waals surface area (Å²) in [6, 6.07) is 8.36. The maximum Gasteiger partial charge on any atom is 0.120 e. The van der Waals surface area contributed by atoms with Gasteiger partial charge in [-0.05, 0) is 45.3 Å². The van der Waals surface area contributed by atoms with Gasteiger partial charge >= 0.3 is 0 Å². The van der Waals surface area contributed by atoms with E-state index in [9.17, 15) is 0 Å². The van der Waals surface area contributed by atoms with Crippen LogP contribution in [-0.4, -0.2) is 30.2 Å². The van der Waals surface area contributed by atoms with Crippen LogP contribution in [-0.2, 0) is 6.67 Å². The maximum absolute atomic E-state index is 5.48. The number of rotatable bonds is 4. The zero-order chi connectivity index (χ0) is 11.5. The highest BCUT2D eigenvalue weighted by atomic mass is 16.5. The van der Waals surface area contributed by atoms with Gasteiger partial charge in [-0.25, -0.2) is 0 Å². The van der Waals surface area contributed by atoms with E-state index in [1.807, 2.05) is 13.0 Å². The first-order valence-corrected chi connectivity index (χ1v) is 5.57. The molecule has 0 aliphatic carbocycles. The van der Waals surface area contributed by atoms with E-state index < -0.39 is 0 Å². The minimum absolute atomic E-state index is 0.712. The largest absolute Gasteiger partial charge is 0.494 e. The minimum Gasteiger partial charge on any atom is -0.494 e. The fourth-order valence-corrected chi connectivity index (χ4v) is 1.86. The molecule has 2 rings (SSSR count). The second kappa shape index (κ2) is 4.58. The maximum atomic E-state index is 5.48. The van der Waals surface area contributed by atoms with E-state index in [1.165, 1.54) is 10.9 Å². The number of fused-ring (bicyclic) bond motifs is 1. The summed E-state index contributed by atoms with van der Waals surface area (Å²) in [5.41, 5.74) is 1.25. The zero-order valence-corrected chi connectivity index (χ0v) is 10.1. The minimum atomic E-state index is 0.712. The van der Waals surface area contributed by atoms with E-state index in [2.05, 4.69) is 48.0 Å². The monoisotopic (exact) mass is 218 g/mol. The van der Waals surface area contributed by atoms with Gasteiger partial charge in [-0.15, -0.1) is 0 Å². The summed E-state index contributed by atoms with van der Waals surface area (Å²) < 4.78 is 7.71. The van der Waals surface area contributed by atoms with Crippen molar-refractivity contribution in [3.63, 3.8) is 0 Å². The summed E-state index contributed by atoms with van der Waals surface area (Å²) in [6.07, 6.45) is 2.11. The zero-order valence-electron chi connectivity index (χ0n) is 10.1. The summed E-state index contributed by atoms with van der Waals surface area (Å²) in [6.45, 7) is 3.61. The Labute approximate surface area is 96.2 Å². The molecule has 3 heteroatoms. The molecule has 1 aromatic carbocycles. The third kappa shape index (κ3) is 2.19. The Morgan fingerprint density at radius 2 is 2.06 bits per heavy atom. The van der Waals surface area contributed by atoms with Crippen LogP contribution in [0.5, 0.6) is 5.75 Å². The van der Waals surface area contributed by atoms with Gasteiger partial charge in [0.25, 0.3) is 0 Å². The smallest absolute Gasteiger partial charge is 0.120 e. The molecule has 0 bridgehead atoms. The second-order valence-corrected chi connectivity index (χ2v) is 4.16. The Bertz CT molecular complexity index is 474. The van der Waals surface area contributed by atoms with Crippen LogP contribution in [0.4, 0.5) is 0 Å². The van der Waals surface area contributed by atoms with Crippen LogP contribution in [0.15, 0.2) is 30.5 Å². The lowest BCUT2D eigenvalue weighted by molar-refractivity contribution is 0.332. The average Bonchev–Trinajstić information content (AvgIpc) is 2.61. The quantitative estimate of drug-likeness (QED) is 0.784. The van der Waals surface area contributed by atoms with Gasteiger partial charge in [0, 0.05) is 17.1 Å². The van der Waals surface area contributed by atoms with Crippen molar-refractivity contribution in [1.82, 2.24) is 9.47 Å². The van der Waals surface area contributed by atoms with Gasteiger partial charge in [0.05, 0.1) is 13.3 Å². The van der Waals surface area contributed by atoms with E-state index in [4.69, 9.17) is 4.74 Å². The summed E-state index contributed by atoms with van der Waals surface area (Å²) in [5.74, 6) is 0.942. The molecule has 0 radical (unpaired) electrons. The van der Waals surface area contributed by atoms with Crippen LogP contribution in [0.1, 0.15) is 6.92 Å². The van der Waals surface area contributed by atoms with Crippen LogP contribution in [0.2, 0.25) is 0 Å². The van der Waals surface area contributed by atoms with Crippen LogP contribution in [0, 0.1) is 0 Å². The first kappa shape index (κ1) is 11.0. The normalized spacial score (nSPS) is 11.2. The molecule has 2 aromatic rings. The molecule has 0 atom stereocenters. The molecule has 0 amide bonds. The first-order chi connectivity index (χ1) is 7.70. The SMILES string of the molecule is CCOc1ccc2c(ccn2CN(C)C)c1. The average molecular weight is 218 g/mol. The van der Waals surface area contributed by atoms with E-state index in [1.54, 1.807) is 0 Å². The first-order valence-electron chi connectivity index (χ1n) is 5.57. The molecule has 0 aliphatic rings. The Morgan fingerprint density at radius 3 is 2.75 bits per heavy atom. The van der Waals surface area contributed by atoms with Crippen molar-refractivity contribution < 1.29 is 4.74 Å². The van der Waals surface area contributed by atoms with E-state index in [-0.39, 0.29) is 0 Å². The molecule has 3 nitrogen and oxygen atoms in total. The lowest BCUT2D eigenvalue weighted by Gasteiger charge is -2.12. The predicted octanol–water partition coefficient (Wildman–Crippen LogP) is 2.56. The van der Waals surface area contributed by atoms with Crippen LogP contribution in [0.25, 0.3) is 10.9 Å². The van der Waals surface area contributed by atoms with Gasteiger partial charge < -0.3 is 9.30 Å². The van der Waals surface area contributed by atoms with Gasteiger partial charge in [0.1, 0.15) is 5.75 Å². The van der Waals surface area contributed by atoms with Crippen LogP contribution < -0.4 is 4.74 Å². The molecule has 0 unspecified atom stereocenters. The molecule has 0 fully saturated rings. The summed E-state index contributed by atoms with van der Waals surface area (Å²) in [7, 11) is 4.14. The van der Waals surface area contributed by atoms with E-state index >= 15 is 0 Å². The molecule has 0 spiro atoms. The van der Waals surface area contributed by atoms with Crippen molar-refractivity contribution in [3.05, 3.63) is 30.5 Å². The molecule has 16 heavy (non-hydrogen) atoms. The van der Waals surface area contributed by atoms with Crippen LogP contribution in [0.3, 0.4) is 0 Å². The van der Waals surface area contributed by atoms with E-state index in [0.29, 0.717) is 6.61 Å². The molecule has 0 saturated carbocycles. The van der Waals surface area contributed by atoms with Crippen LogP contribution >= 0.6 is 0 Å².